The zero-order chi connectivity index (χ0) is 22.0. The summed E-state index contributed by atoms with van der Waals surface area (Å²) in [6, 6.07) is 9.91. The number of nitrogens with one attached hydrogen (secondary N) is 2. The molecule has 3 fully saturated rings. The van der Waals surface area contributed by atoms with Crippen LogP contribution < -0.4 is 10.6 Å². The van der Waals surface area contributed by atoms with E-state index in [-0.39, 0.29) is 29.8 Å². The van der Waals surface area contributed by atoms with Gasteiger partial charge in [0, 0.05) is 38.8 Å². The van der Waals surface area contributed by atoms with Gasteiger partial charge in [-0.15, -0.1) is 0 Å². The number of sulfonamides is 1. The van der Waals surface area contributed by atoms with Crippen molar-refractivity contribution in [3.8, 4) is 0 Å². The van der Waals surface area contributed by atoms with E-state index in [1.54, 1.807) is 9.21 Å². The molecule has 2 unspecified atom stereocenters. The summed E-state index contributed by atoms with van der Waals surface area (Å²) in [6.45, 7) is 5.83. The summed E-state index contributed by atoms with van der Waals surface area (Å²) >= 11 is 0. The molecular weight excluding hydrogens is 416 g/mol. The Morgan fingerprint density at radius 3 is 2.35 bits per heavy atom. The number of urea groups is 1. The minimum atomic E-state index is -3.38. The number of fused-ring (bicyclic) bond motifs is 1. The van der Waals surface area contributed by atoms with Crippen molar-refractivity contribution in [1.29, 1.82) is 0 Å². The largest absolute Gasteiger partial charge is 0.349 e. The Bertz CT molecular complexity index is 916. The van der Waals surface area contributed by atoms with Crippen molar-refractivity contribution in [2.45, 2.75) is 30.6 Å². The number of amides is 3. The van der Waals surface area contributed by atoms with Crippen molar-refractivity contribution in [2.24, 2.45) is 11.8 Å². The monoisotopic (exact) mass is 446 g/mol. The Kier molecular flexibility index (Phi) is 6.34. The van der Waals surface area contributed by atoms with Crippen molar-refractivity contribution >= 4 is 22.0 Å². The van der Waals surface area contributed by atoms with Crippen molar-refractivity contribution in [1.82, 2.24) is 19.8 Å². The van der Waals surface area contributed by atoms with Crippen LogP contribution in [0.5, 0.6) is 0 Å². The maximum absolute atomic E-state index is 13.0. The molecule has 2 heterocycles. The van der Waals surface area contributed by atoms with Gasteiger partial charge in [-0.05, 0) is 42.7 Å². The molecule has 2 aliphatic heterocycles. The maximum Gasteiger partial charge on any atom is 0.317 e. The van der Waals surface area contributed by atoms with Gasteiger partial charge in [0.2, 0.25) is 15.9 Å². The summed E-state index contributed by atoms with van der Waals surface area (Å²) in [5, 5.41) is 5.36. The number of benzene rings is 1. The molecule has 9 heteroatoms. The summed E-state index contributed by atoms with van der Waals surface area (Å²) in [4.78, 5) is 25.6. The Labute approximate surface area is 183 Å². The molecule has 0 bridgehead atoms. The molecule has 3 amide bonds. The molecule has 1 aromatic carbocycles. The zero-order valence-corrected chi connectivity index (χ0v) is 18.4. The first-order valence-electron chi connectivity index (χ1n) is 10.9. The summed E-state index contributed by atoms with van der Waals surface area (Å²) in [6.07, 6.45) is 2.92. The van der Waals surface area contributed by atoms with Gasteiger partial charge >= 0.3 is 6.03 Å². The Morgan fingerprint density at radius 2 is 1.74 bits per heavy atom. The second-order valence-corrected chi connectivity index (χ2v) is 10.8. The number of carbonyl (C=O) groups is 2. The van der Waals surface area contributed by atoms with Crippen molar-refractivity contribution in [2.75, 3.05) is 32.7 Å². The highest BCUT2D eigenvalue weighted by atomic mass is 32.2. The Hall–Kier alpha value is -2.39. The fourth-order valence-corrected chi connectivity index (χ4v) is 6.76. The molecule has 1 aromatic rings. The van der Waals surface area contributed by atoms with Crippen LogP contribution in [-0.4, -0.2) is 73.6 Å². The van der Waals surface area contributed by atoms with Crippen LogP contribution in [0, 0.1) is 11.8 Å². The molecule has 4 rings (SSSR count). The molecule has 0 aromatic heterocycles. The lowest BCUT2D eigenvalue weighted by atomic mass is 10.1. The predicted octanol–water partition coefficient (Wildman–Crippen LogP) is 0.965. The fraction of sp³-hybridized carbons (Fsp3) is 0.545. The summed E-state index contributed by atoms with van der Waals surface area (Å²) < 4.78 is 27.7. The smallest absolute Gasteiger partial charge is 0.317 e. The minimum Gasteiger partial charge on any atom is -0.349 e. The van der Waals surface area contributed by atoms with E-state index in [0.717, 1.165) is 6.42 Å². The van der Waals surface area contributed by atoms with Crippen LogP contribution in [0.2, 0.25) is 0 Å². The van der Waals surface area contributed by atoms with Crippen LogP contribution in [0.4, 0.5) is 4.79 Å². The van der Waals surface area contributed by atoms with Crippen molar-refractivity contribution in [3.63, 3.8) is 0 Å². The van der Waals surface area contributed by atoms with E-state index in [1.165, 1.54) is 11.6 Å². The molecule has 8 nitrogen and oxygen atoms in total. The SMILES string of the molecule is C=CC(=O)NC1C2CN(S(=O)(=O)C3CCN(C(=O)NCCc4ccccc4)CC3)CC21. The van der Waals surface area contributed by atoms with Gasteiger partial charge in [0.25, 0.3) is 0 Å². The number of hydrogen-bond acceptors (Lipinski definition) is 4. The highest BCUT2D eigenvalue weighted by molar-refractivity contribution is 7.89. The van der Waals surface area contributed by atoms with Gasteiger partial charge in [-0.3, -0.25) is 4.79 Å². The van der Waals surface area contributed by atoms with Gasteiger partial charge in [-0.2, -0.15) is 0 Å². The second kappa shape index (κ2) is 9.00. The third-order valence-electron chi connectivity index (χ3n) is 6.70. The molecule has 2 N–H and O–H groups in total. The lowest BCUT2D eigenvalue weighted by Gasteiger charge is -2.34. The number of hydrogen-bond donors (Lipinski definition) is 2. The topological polar surface area (TPSA) is 98.8 Å². The molecule has 0 spiro atoms. The molecule has 168 valence electrons. The fourth-order valence-electron chi connectivity index (χ4n) is 4.77. The van der Waals surface area contributed by atoms with Crippen molar-refractivity contribution in [3.05, 3.63) is 48.6 Å². The molecule has 3 aliphatic rings. The number of likely N-dealkylation sites (tertiary alicyclic amines) is 1. The van der Waals surface area contributed by atoms with E-state index in [1.807, 2.05) is 30.3 Å². The van der Waals surface area contributed by atoms with Crippen molar-refractivity contribution < 1.29 is 18.0 Å². The summed E-state index contributed by atoms with van der Waals surface area (Å²) in [5.74, 6) is 0.200. The summed E-state index contributed by atoms with van der Waals surface area (Å²) in [7, 11) is -3.38. The molecule has 2 atom stereocenters. The molecule has 31 heavy (non-hydrogen) atoms. The first-order valence-corrected chi connectivity index (χ1v) is 12.4. The van der Waals surface area contributed by atoms with Crippen LogP contribution in [-0.2, 0) is 21.2 Å². The average molecular weight is 447 g/mol. The van der Waals surface area contributed by atoms with Gasteiger partial charge in [-0.25, -0.2) is 17.5 Å². The molecule has 2 saturated heterocycles. The van der Waals surface area contributed by atoms with Crippen LogP contribution in [0.3, 0.4) is 0 Å². The van der Waals surface area contributed by atoms with Gasteiger partial charge in [0.1, 0.15) is 0 Å². The number of rotatable bonds is 7. The van der Waals surface area contributed by atoms with Gasteiger partial charge in [-0.1, -0.05) is 36.9 Å². The molecular formula is C22H30N4O4S. The van der Waals surface area contributed by atoms with Crippen LogP contribution in [0.1, 0.15) is 18.4 Å². The molecule has 1 aliphatic carbocycles. The minimum absolute atomic E-state index is 0.0679. The average Bonchev–Trinajstić information content (AvgIpc) is 3.20. The number of piperidine rings is 2. The zero-order valence-electron chi connectivity index (χ0n) is 17.6. The van der Waals surface area contributed by atoms with Gasteiger partial charge in [0.15, 0.2) is 0 Å². The normalized spacial score (nSPS) is 26.2. The highest BCUT2D eigenvalue weighted by Gasteiger charge is 2.59. The molecule has 0 radical (unpaired) electrons. The number of carbonyl (C=O) groups excluding carboxylic acids is 2. The predicted molar refractivity (Wildman–Crippen MR) is 118 cm³/mol. The van der Waals surface area contributed by atoms with Gasteiger partial charge < -0.3 is 15.5 Å². The van der Waals surface area contributed by atoms with Gasteiger partial charge in [0.05, 0.1) is 5.25 Å². The lowest BCUT2D eigenvalue weighted by Crippen LogP contribution is -2.50. The second-order valence-electron chi connectivity index (χ2n) is 8.58. The first kappa shape index (κ1) is 21.8. The number of nitrogens with zero attached hydrogens (tertiary/aromatic N) is 2. The summed E-state index contributed by atoms with van der Waals surface area (Å²) in [5.41, 5.74) is 1.17. The Balaban J connectivity index is 1.20. The van der Waals surface area contributed by atoms with E-state index >= 15 is 0 Å². The van der Waals surface area contributed by atoms with Crippen LogP contribution in [0.25, 0.3) is 0 Å². The van der Waals surface area contributed by atoms with E-state index in [9.17, 15) is 18.0 Å². The highest BCUT2D eigenvalue weighted by Crippen LogP contribution is 2.47. The van der Waals surface area contributed by atoms with E-state index in [0.29, 0.717) is 45.6 Å². The van der Waals surface area contributed by atoms with E-state index < -0.39 is 15.3 Å². The van der Waals surface area contributed by atoms with Crippen LogP contribution >= 0.6 is 0 Å². The third kappa shape index (κ3) is 4.77. The maximum atomic E-state index is 13.0. The van der Waals surface area contributed by atoms with E-state index in [4.69, 9.17) is 0 Å². The lowest BCUT2D eigenvalue weighted by molar-refractivity contribution is -0.116. The molecule has 1 saturated carbocycles. The standard InChI is InChI=1S/C22H30N4O4S/c1-2-20(27)24-21-18-14-26(15-19(18)21)31(29,30)17-9-12-25(13-10-17)22(28)23-11-8-16-6-4-3-5-7-16/h2-7,17-19,21H,1,8-15H2,(H,23,28)(H,24,27). The van der Waals surface area contributed by atoms with E-state index in [2.05, 4.69) is 17.2 Å². The first-order chi connectivity index (χ1) is 14.9. The third-order valence-corrected chi connectivity index (χ3v) is 9.03. The Morgan fingerprint density at radius 1 is 1.10 bits per heavy atom. The quantitative estimate of drug-likeness (QED) is 0.610. The van der Waals surface area contributed by atoms with Crippen LogP contribution in [0.15, 0.2) is 43.0 Å².